The largest absolute Gasteiger partial charge is 0.493 e. The van der Waals surface area contributed by atoms with E-state index in [0.717, 1.165) is 12.8 Å². The first-order valence-corrected chi connectivity index (χ1v) is 12.7. The van der Waals surface area contributed by atoms with E-state index in [9.17, 15) is 9.59 Å². The van der Waals surface area contributed by atoms with E-state index in [0.29, 0.717) is 40.5 Å². The molecule has 0 fully saturated rings. The van der Waals surface area contributed by atoms with Gasteiger partial charge in [0.2, 0.25) is 0 Å². The molecule has 2 aromatic carbocycles. The van der Waals surface area contributed by atoms with Crippen molar-refractivity contribution in [2.75, 3.05) is 6.61 Å². The molecule has 0 saturated carbocycles. The Balaban J connectivity index is 1.98. The molecule has 0 aliphatic rings. The normalized spacial score (nSPS) is 10.5. The minimum absolute atomic E-state index is 0.306. The molecule has 5 heteroatoms. The average Bonchev–Trinajstić information content (AvgIpc) is 2.82. The molecule has 0 unspecified atom stereocenters. The Morgan fingerprint density at radius 2 is 1.26 bits per heavy atom. The molecule has 0 saturated heterocycles. The second kappa shape index (κ2) is 15.6. The van der Waals surface area contributed by atoms with Crippen LogP contribution in [0.2, 0.25) is 0 Å². The molecule has 0 amide bonds. The van der Waals surface area contributed by atoms with Crippen LogP contribution in [-0.2, 0) is 9.59 Å². The number of unbranched alkanes of at least 4 members (excludes halogenated alkanes) is 9. The Kier molecular flexibility index (Phi) is 12.5. The SMILES string of the molecule is C#Cc1ccc(-c2ccc(OCCCCCCCCCCCC)cc2OC(C)=O)c(OC(C)=O)c1. The smallest absolute Gasteiger partial charge is 0.308 e. The summed E-state index contributed by atoms with van der Waals surface area (Å²) in [4.78, 5) is 23.4. The predicted octanol–water partition coefficient (Wildman–Crippen LogP) is 7.49. The van der Waals surface area contributed by atoms with Crippen LogP contribution < -0.4 is 14.2 Å². The first-order chi connectivity index (χ1) is 16.9. The van der Waals surface area contributed by atoms with Crippen molar-refractivity contribution in [2.24, 2.45) is 0 Å². The Hall–Kier alpha value is -3.26. The molecule has 2 rings (SSSR count). The summed E-state index contributed by atoms with van der Waals surface area (Å²) in [6.07, 6.45) is 18.1. The van der Waals surface area contributed by atoms with Gasteiger partial charge in [0.25, 0.3) is 0 Å². The van der Waals surface area contributed by atoms with E-state index in [4.69, 9.17) is 20.6 Å². The van der Waals surface area contributed by atoms with Crippen molar-refractivity contribution in [3.63, 3.8) is 0 Å². The Bertz CT molecular complexity index is 1000. The summed E-state index contributed by atoms with van der Waals surface area (Å²) in [7, 11) is 0. The molecule has 188 valence electrons. The Labute approximate surface area is 210 Å². The zero-order valence-corrected chi connectivity index (χ0v) is 21.4. The van der Waals surface area contributed by atoms with Gasteiger partial charge in [-0.1, -0.05) is 70.6 Å². The highest BCUT2D eigenvalue weighted by molar-refractivity contribution is 5.83. The predicted molar refractivity (Wildman–Crippen MR) is 140 cm³/mol. The van der Waals surface area contributed by atoms with E-state index in [-0.39, 0.29) is 0 Å². The zero-order chi connectivity index (χ0) is 25.5. The van der Waals surface area contributed by atoms with E-state index in [1.54, 1.807) is 30.3 Å². The van der Waals surface area contributed by atoms with Gasteiger partial charge in [0.15, 0.2) is 0 Å². The molecule has 0 spiro atoms. The maximum atomic E-state index is 11.8. The molecule has 0 bridgehead atoms. The van der Waals surface area contributed by atoms with Gasteiger partial charge >= 0.3 is 11.9 Å². The van der Waals surface area contributed by atoms with Crippen LogP contribution in [0.5, 0.6) is 17.2 Å². The fraction of sp³-hybridized carbons (Fsp3) is 0.467. The summed E-state index contributed by atoms with van der Waals surface area (Å²) in [6, 6.07) is 10.4. The fourth-order valence-corrected chi connectivity index (χ4v) is 3.91. The average molecular weight is 479 g/mol. The summed E-state index contributed by atoms with van der Waals surface area (Å²) in [5.41, 5.74) is 1.78. The molecule has 0 atom stereocenters. The summed E-state index contributed by atoms with van der Waals surface area (Å²) >= 11 is 0. The van der Waals surface area contributed by atoms with Crippen LogP contribution in [0.4, 0.5) is 0 Å². The lowest BCUT2D eigenvalue weighted by atomic mass is 10.0. The highest BCUT2D eigenvalue weighted by Gasteiger charge is 2.16. The van der Waals surface area contributed by atoms with E-state index in [1.807, 2.05) is 6.07 Å². The molecule has 2 aromatic rings. The molecule has 0 radical (unpaired) electrons. The lowest BCUT2D eigenvalue weighted by Gasteiger charge is -2.15. The van der Waals surface area contributed by atoms with Crippen LogP contribution in [0, 0.1) is 12.3 Å². The van der Waals surface area contributed by atoms with Crippen molar-refractivity contribution in [1.29, 1.82) is 0 Å². The second-order valence-electron chi connectivity index (χ2n) is 8.73. The minimum Gasteiger partial charge on any atom is -0.493 e. The molecule has 0 N–H and O–H groups in total. The van der Waals surface area contributed by atoms with E-state index < -0.39 is 11.9 Å². The van der Waals surface area contributed by atoms with E-state index in [2.05, 4.69) is 12.8 Å². The number of rotatable bonds is 15. The van der Waals surface area contributed by atoms with Gasteiger partial charge in [-0.3, -0.25) is 9.59 Å². The van der Waals surface area contributed by atoms with Crippen LogP contribution in [0.25, 0.3) is 11.1 Å². The molecular weight excluding hydrogens is 440 g/mol. The molecule has 0 aliphatic carbocycles. The number of ether oxygens (including phenoxy) is 3. The van der Waals surface area contributed by atoms with E-state index >= 15 is 0 Å². The third-order valence-electron chi connectivity index (χ3n) is 5.67. The monoisotopic (exact) mass is 478 g/mol. The standard InChI is InChI=1S/C30H38O5/c1-5-7-8-9-10-11-12-13-14-15-20-33-26-17-19-28(30(22-26)35-24(4)32)27-18-16-25(6-2)21-29(27)34-23(3)31/h2,16-19,21-22H,5,7-15,20H2,1,3-4H3. The number of terminal acetylenes is 1. The van der Waals surface area contributed by atoms with Gasteiger partial charge in [-0.15, -0.1) is 6.42 Å². The van der Waals surface area contributed by atoms with Gasteiger partial charge in [-0.2, -0.15) is 0 Å². The summed E-state index contributed by atoms with van der Waals surface area (Å²) in [5.74, 6) is 2.87. The third kappa shape index (κ3) is 10.3. The maximum Gasteiger partial charge on any atom is 0.308 e. The van der Waals surface area contributed by atoms with Crippen LogP contribution in [0.15, 0.2) is 36.4 Å². The molecule has 0 aliphatic heterocycles. The van der Waals surface area contributed by atoms with Gasteiger partial charge in [0, 0.05) is 36.6 Å². The lowest BCUT2D eigenvalue weighted by Crippen LogP contribution is -2.06. The minimum atomic E-state index is -0.467. The molecule has 0 aromatic heterocycles. The Morgan fingerprint density at radius 1 is 0.743 bits per heavy atom. The third-order valence-corrected chi connectivity index (χ3v) is 5.67. The number of benzene rings is 2. The molecule has 5 nitrogen and oxygen atoms in total. The highest BCUT2D eigenvalue weighted by Crippen LogP contribution is 2.39. The van der Waals surface area contributed by atoms with Crippen LogP contribution in [-0.4, -0.2) is 18.5 Å². The van der Waals surface area contributed by atoms with Crippen LogP contribution >= 0.6 is 0 Å². The quantitative estimate of drug-likeness (QED) is 0.115. The summed E-state index contributed by atoms with van der Waals surface area (Å²) in [5, 5.41) is 0. The van der Waals surface area contributed by atoms with Crippen LogP contribution in [0.3, 0.4) is 0 Å². The van der Waals surface area contributed by atoms with Crippen molar-refractivity contribution < 1.29 is 23.8 Å². The number of esters is 2. The molecule has 35 heavy (non-hydrogen) atoms. The first kappa shape index (κ1) is 28.0. The summed E-state index contributed by atoms with van der Waals surface area (Å²) < 4.78 is 16.8. The van der Waals surface area contributed by atoms with Gasteiger partial charge in [0.05, 0.1) is 6.61 Å². The topological polar surface area (TPSA) is 61.8 Å². The van der Waals surface area contributed by atoms with Crippen LogP contribution in [0.1, 0.15) is 90.5 Å². The van der Waals surface area contributed by atoms with Crippen molar-refractivity contribution in [3.8, 4) is 40.7 Å². The van der Waals surface area contributed by atoms with Gasteiger partial charge in [-0.25, -0.2) is 0 Å². The zero-order valence-electron chi connectivity index (χ0n) is 21.4. The second-order valence-corrected chi connectivity index (χ2v) is 8.73. The van der Waals surface area contributed by atoms with Gasteiger partial charge in [0.1, 0.15) is 17.2 Å². The fourth-order valence-electron chi connectivity index (χ4n) is 3.91. The molecular formula is C30H38O5. The highest BCUT2D eigenvalue weighted by atomic mass is 16.5. The van der Waals surface area contributed by atoms with Crippen molar-refractivity contribution in [3.05, 3.63) is 42.0 Å². The molecule has 0 heterocycles. The summed E-state index contributed by atoms with van der Waals surface area (Å²) in [6.45, 7) is 5.51. The number of hydrogen-bond acceptors (Lipinski definition) is 5. The van der Waals surface area contributed by atoms with Crippen molar-refractivity contribution in [2.45, 2.75) is 85.0 Å². The number of hydrogen-bond donors (Lipinski definition) is 0. The number of carbonyl (C=O) groups excluding carboxylic acids is 2. The van der Waals surface area contributed by atoms with Crippen molar-refractivity contribution >= 4 is 11.9 Å². The Morgan fingerprint density at radius 3 is 1.80 bits per heavy atom. The first-order valence-electron chi connectivity index (χ1n) is 12.7. The van der Waals surface area contributed by atoms with Gasteiger partial charge in [-0.05, 0) is 36.8 Å². The number of carbonyl (C=O) groups is 2. The van der Waals surface area contributed by atoms with E-state index in [1.165, 1.54) is 65.2 Å². The maximum absolute atomic E-state index is 11.8. The van der Waals surface area contributed by atoms with Gasteiger partial charge < -0.3 is 14.2 Å². The van der Waals surface area contributed by atoms with Crippen molar-refractivity contribution in [1.82, 2.24) is 0 Å². The lowest BCUT2D eigenvalue weighted by molar-refractivity contribution is -0.132.